The number of imidazole rings is 1. The average molecular weight is 335 g/mol. The highest BCUT2D eigenvalue weighted by atomic mass is 16.5. The number of nitrogens with zero attached hydrogens (tertiary/aromatic N) is 3. The van der Waals surface area contributed by atoms with E-state index in [1.165, 1.54) is 0 Å². The van der Waals surface area contributed by atoms with Crippen molar-refractivity contribution in [2.45, 2.75) is 6.04 Å². The Kier molecular flexibility index (Phi) is 4.61. The van der Waals surface area contributed by atoms with Gasteiger partial charge in [-0.05, 0) is 17.7 Å². The molecule has 2 N–H and O–H groups in total. The van der Waals surface area contributed by atoms with Crippen LogP contribution in [0, 0.1) is 0 Å². The predicted molar refractivity (Wildman–Crippen MR) is 97.8 cm³/mol. The van der Waals surface area contributed by atoms with Crippen LogP contribution in [-0.4, -0.2) is 41.3 Å². The Morgan fingerprint density at radius 2 is 1.88 bits per heavy atom. The fourth-order valence-corrected chi connectivity index (χ4v) is 3.02. The van der Waals surface area contributed by atoms with Crippen LogP contribution in [0.15, 0.2) is 61.1 Å². The lowest BCUT2D eigenvalue weighted by atomic mass is 10.1. The minimum atomic E-state index is -0.0714. The van der Waals surface area contributed by atoms with Gasteiger partial charge in [0.2, 0.25) is 0 Å². The highest BCUT2D eigenvalue weighted by Gasteiger charge is 2.17. The lowest BCUT2D eigenvalue weighted by Crippen LogP contribution is -2.36. The fraction of sp³-hybridized carbons (Fsp3) is 0.263. The topological polar surface area (TPSA) is 66.1 Å². The first-order valence-electron chi connectivity index (χ1n) is 8.50. The Morgan fingerprint density at radius 1 is 1.04 bits per heavy atom. The smallest absolute Gasteiger partial charge is 0.133 e. The highest BCUT2D eigenvalue weighted by molar-refractivity contribution is 5.51. The summed E-state index contributed by atoms with van der Waals surface area (Å²) >= 11 is 0. The quantitative estimate of drug-likeness (QED) is 0.750. The van der Waals surface area contributed by atoms with Crippen molar-refractivity contribution in [3.05, 3.63) is 72.4 Å². The first-order valence-corrected chi connectivity index (χ1v) is 8.50. The molecule has 3 aromatic rings. The van der Waals surface area contributed by atoms with E-state index >= 15 is 0 Å². The van der Waals surface area contributed by atoms with Crippen molar-refractivity contribution in [1.29, 1.82) is 0 Å². The van der Waals surface area contributed by atoms with Crippen LogP contribution in [0.4, 0.5) is 11.5 Å². The van der Waals surface area contributed by atoms with Gasteiger partial charge in [-0.25, -0.2) is 9.97 Å². The second-order valence-electron chi connectivity index (χ2n) is 5.96. The SMILES string of the molecule is c1ccc(C(Nc2ccc(N3CCOCC3)cn2)c2ncc[nH]2)cc1. The molecule has 2 aromatic heterocycles. The van der Waals surface area contributed by atoms with E-state index in [4.69, 9.17) is 4.74 Å². The molecule has 0 radical (unpaired) electrons. The molecule has 1 aliphatic heterocycles. The first-order chi connectivity index (χ1) is 12.4. The molecule has 6 nitrogen and oxygen atoms in total. The summed E-state index contributed by atoms with van der Waals surface area (Å²) in [4.78, 5) is 14.5. The van der Waals surface area contributed by atoms with E-state index in [0.29, 0.717) is 0 Å². The Labute approximate surface area is 146 Å². The second-order valence-corrected chi connectivity index (χ2v) is 5.96. The van der Waals surface area contributed by atoms with Crippen molar-refractivity contribution in [1.82, 2.24) is 15.0 Å². The van der Waals surface area contributed by atoms with Crippen LogP contribution in [0.1, 0.15) is 17.4 Å². The third-order valence-electron chi connectivity index (χ3n) is 4.34. The summed E-state index contributed by atoms with van der Waals surface area (Å²) in [5.41, 5.74) is 2.26. The molecule has 1 fully saturated rings. The number of aromatic nitrogens is 3. The molecule has 0 bridgehead atoms. The number of hydrogen-bond acceptors (Lipinski definition) is 5. The molecule has 1 atom stereocenters. The Bertz CT molecular complexity index is 767. The molecule has 1 unspecified atom stereocenters. The molecule has 1 aliphatic rings. The first kappa shape index (κ1) is 15.7. The van der Waals surface area contributed by atoms with Gasteiger partial charge in [0.25, 0.3) is 0 Å². The molecule has 128 valence electrons. The second kappa shape index (κ2) is 7.36. The molecule has 0 amide bonds. The van der Waals surface area contributed by atoms with Gasteiger partial charge in [0.05, 0.1) is 25.1 Å². The van der Waals surface area contributed by atoms with Gasteiger partial charge in [-0.15, -0.1) is 0 Å². The molecule has 0 saturated carbocycles. The minimum Gasteiger partial charge on any atom is -0.378 e. The van der Waals surface area contributed by atoms with Crippen LogP contribution in [0.25, 0.3) is 0 Å². The Hall–Kier alpha value is -2.86. The number of morpholine rings is 1. The van der Waals surface area contributed by atoms with Crippen molar-refractivity contribution in [3.8, 4) is 0 Å². The molecule has 6 heteroatoms. The third-order valence-corrected chi connectivity index (χ3v) is 4.34. The van der Waals surface area contributed by atoms with Crippen molar-refractivity contribution >= 4 is 11.5 Å². The van der Waals surface area contributed by atoms with E-state index in [9.17, 15) is 0 Å². The zero-order valence-corrected chi connectivity index (χ0v) is 13.9. The van der Waals surface area contributed by atoms with Crippen LogP contribution in [0.3, 0.4) is 0 Å². The van der Waals surface area contributed by atoms with Crippen molar-refractivity contribution in [2.24, 2.45) is 0 Å². The molecular formula is C19H21N5O. The van der Waals surface area contributed by atoms with Gasteiger partial charge in [0.15, 0.2) is 0 Å². The number of pyridine rings is 1. The maximum Gasteiger partial charge on any atom is 0.133 e. The molecule has 4 rings (SSSR count). The van der Waals surface area contributed by atoms with Crippen LogP contribution in [-0.2, 0) is 4.74 Å². The zero-order valence-electron chi connectivity index (χ0n) is 13.9. The average Bonchev–Trinajstić information content (AvgIpc) is 3.22. The lowest BCUT2D eigenvalue weighted by molar-refractivity contribution is 0.122. The largest absolute Gasteiger partial charge is 0.378 e. The van der Waals surface area contributed by atoms with E-state index in [1.54, 1.807) is 6.20 Å². The Balaban J connectivity index is 1.54. The maximum atomic E-state index is 5.40. The number of H-pyrrole nitrogens is 1. The maximum absolute atomic E-state index is 5.40. The standard InChI is InChI=1S/C19H21N5O/c1-2-4-15(5-3-1)18(19-20-8-9-21-19)23-17-7-6-16(14-22-17)24-10-12-25-13-11-24/h1-9,14,18H,10-13H2,(H,20,21)(H,22,23). The summed E-state index contributed by atoms with van der Waals surface area (Å²) < 4.78 is 5.40. The summed E-state index contributed by atoms with van der Waals surface area (Å²) in [5, 5.41) is 3.48. The van der Waals surface area contributed by atoms with Crippen LogP contribution < -0.4 is 10.2 Å². The molecule has 1 aromatic carbocycles. The van der Waals surface area contributed by atoms with Crippen LogP contribution >= 0.6 is 0 Å². The van der Waals surface area contributed by atoms with Gasteiger partial charge in [-0.3, -0.25) is 0 Å². The highest BCUT2D eigenvalue weighted by Crippen LogP contribution is 2.24. The van der Waals surface area contributed by atoms with Crippen molar-refractivity contribution < 1.29 is 4.74 Å². The Morgan fingerprint density at radius 3 is 2.56 bits per heavy atom. The summed E-state index contributed by atoms with van der Waals surface area (Å²) in [6.07, 6.45) is 5.52. The summed E-state index contributed by atoms with van der Waals surface area (Å²) in [7, 11) is 0. The number of ether oxygens (including phenoxy) is 1. The van der Waals surface area contributed by atoms with Gasteiger partial charge in [-0.2, -0.15) is 0 Å². The van der Waals surface area contributed by atoms with Crippen molar-refractivity contribution in [3.63, 3.8) is 0 Å². The van der Waals surface area contributed by atoms with Gasteiger partial charge in [-0.1, -0.05) is 30.3 Å². The number of nitrogens with one attached hydrogen (secondary N) is 2. The molecule has 1 saturated heterocycles. The minimum absolute atomic E-state index is 0.0714. The third kappa shape index (κ3) is 3.64. The fourth-order valence-electron chi connectivity index (χ4n) is 3.02. The number of benzene rings is 1. The molecular weight excluding hydrogens is 314 g/mol. The molecule has 3 heterocycles. The molecule has 0 aliphatic carbocycles. The van der Waals surface area contributed by atoms with Crippen LogP contribution in [0.5, 0.6) is 0 Å². The summed E-state index contributed by atoms with van der Waals surface area (Å²) in [6, 6.07) is 14.3. The summed E-state index contributed by atoms with van der Waals surface area (Å²) in [6.45, 7) is 3.37. The summed E-state index contributed by atoms with van der Waals surface area (Å²) in [5.74, 6) is 1.69. The zero-order chi connectivity index (χ0) is 16.9. The number of aromatic amines is 1. The van der Waals surface area contributed by atoms with Gasteiger partial charge >= 0.3 is 0 Å². The monoisotopic (exact) mass is 335 g/mol. The van der Waals surface area contributed by atoms with Crippen molar-refractivity contribution in [2.75, 3.05) is 36.5 Å². The normalized spacial score (nSPS) is 15.8. The lowest BCUT2D eigenvalue weighted by Gasteiger charge is -2.28. The van der Waals surface area contributed by atoms with E-state index in [0.717, 1.165) is 49.2 Å². The number of hydrogen-bond donors (Lipinski definition) is 2. The van der Waals surface area contributed by atoms with Crippen LogP contribution in [0.2, 0.25) is 0 Å². The number of rotatable bonds is 5. The predicted octanol–water partition coefficient (Wildman–Crippen LogP) is 2.84. The number of anilines is 2. The molecule has 25 heavy (non-hydrogen) atoms. The van der Waals surface area contributed by atoms with E-state index in [2.05, 4.69) is 43.4 Å². The van der Waals surface area contributed by atoms with E-state index < -0.39 is 0 Å². The van der Waals surface area contributed by atoms with Gasteiger partial charge in [0, 0.05) is 25.5 Å². The molecule has 0 spiro atoms. The van der Waals surface area contributed by atoms with E-state index in [-0.39, 0.29) is 6.04 Å². The van der Waals surface area contributed by atoms with Gasteiger partial charge in [0.1, 0.15) is 17.7 Å². The van der Waals surface area contributed by atoms with Gasteiger partial charge < -0.3 is 19.9 Å². The van der Waals surface area contributed by atoms with E-state index in [1.807, 2.05) is 36.7 Å².